The molecule has 1 saturated heterocycles. The Morgan fingerprint density at radius 3 is 2.96 bits per heavy atom. The van der Waals surface area contributed by atoms with Crippen LogP contribution >= 0.6 is 0 Å². The first-order chi connectivity index (χ1) is 11.7. The highest BCUT2D eigenvalue weighted by atomic mass is 19.1. The number of morpholine rings is 1. The number of amides is 1. The van der Waals surface area contributed by atoms with Crippen molar-refractivity contribution in [3.63, 3.8) is 0 Å². The largest absolute Gasteiger partial charge is 0.374 e. The van der Waals surface area contributed by atoms with E-state index in [0.717, 1.165) is 25.7 Å². The molecule has 1 saturated carbocycles. The lowest BCUT2D eigenvalue weighted by Gasteiger charge is -2.43. The van der Waals surface area contributed by atoms with E-state index >= 15 is 0 Å². The van der Waals surface area contributed by atoms with Crippen LogP contribution in [0.5, 0.6) is 0 Å². The van der Waals surface area contributed by atoms with Gasteiger partial charge in [0.2, 0.25) is 0 Å². The van der Waals surface area contributed by atoms with Gasteiger partial charge in [0.1, 0.15) is 5.82 Å². The Labute approximate surface area is 139 Å². The number of carbonyl (C=O) groups excluding carboxylic acids is 1. The van der Waals surface area contributed by atoms with Crippen LogP contribution in [-0.4, -0.2) is 41.3 Å². The van der Waals surface area contributed by atoms with Gasteiger partial charge in [-0.25, -0.2) is 4.39 Å². The highest BCUT2D eigenvalue weighted by Gasteiger charge is 2.37. The van der Waals surface area contributed by atoms with Crippen molar-refractivity contribution in [3.8, 4) is 11.3 Å². The minimum absolute atomic E-state index is 0.105. The normalized spacial score (nSPS) is 23.8. The molecule has 4 rings (SSSR count). The van der Waals surface area contributed by atoms with E-state index in [1.165, 1.54) is 12.1 Å². The Morgan fingerprint density at radius 1 is 1.25 bits per heavy atom. The fourth-order valence-electron chi connectivity index (χ4n) is 3.66. The first-order valence-corrected chi connectivity index (χ1v) is 8.38. The number of nitrogens with zero attached hydrogens (tertiary/aromatic N) is 2. The summed E-state index contributed by atoms with van der Waals surface area (Å²) in [6, 6.07) is 7.92. The van der Waals surface area contributed by atoms with Gasteiger partial charge in [0.25, 0.3) is 5.91 Å². The number of ether oxygens (including phenoxy) is 1. The SMILES string of the molecule is O=C(c1cc(-c2ccccc2F)on1)N1CCO[C@H]2CCCC[C@@H]21. The number of fused-ring (bicyclic) bond motifs is 1. The van der Waals surface area contributed by atoms with Gasteiger partial charge in [0.15, 0.2) is 11.5 Å². The molecule has 126 valence electrons. The number of hydrogen-bond acceptors (Lipinski definition) is 4. The van der Waals surface area contributed by atoms with Crippen LogP contribution in [0.15, 0.2) is 34.9 Å². The highest BCUT2D eigenvalue weighted by Crippen LogP contribution is 2.30. The molecule has 24 heavy (non-hydrogen) atoms. The maximum absolute atomic E-state index is 13.9. The van der Waals surface area contributed by atoms with Gasteiger partial charge in [-0.15, -0.1) is 0 Å². The Balaban J connectivity index is 1.58. The van der Waals surface area contributed by atoms with Crippen molar-refractivity contribution in [1.82, 2.24) is 10.1 Å². The predicted octanol–water partition coefficient (Wildman–Crippen LogP) is 3.26. The standard InChI is InChI=1S/C18H19FN2O3/c19-13-6-2-1-5-12(13)17-11-14(20-24-17)18(22)21-9-10-23-16-8-4-3-7-15(16)21/h1-2,5-6,11,15-16H,3-4,7-10H2/t15-,16-/m0/s1. The highest BCUT2D eigenvalue weighted by molar-refractivity contribution is 5.93. The lowest BCUT2D eigenvalue weighted by atomic mass is 9.90. The topological polar surface area (TPSA) is 55.6 Å². The first-order valence-electron chi connectivity index (χ1n) is 8.38. The van der Waals surface area contributed by atoms with Gasteiger partial charge in [-0.2, -0.15) is 0 Å². The molecule has 0 bridgehead atoms. The summed E-state index contributed by atoms with van der Waals surface area (Å²) in [4.78, 5) is 14.7. The maximum atomic E-state index is 13.9. The molecule has 0 radical (unpaired) electrons. The summed E-state index contributed by atoms with van der Waals surface area (Å²) < 4.78 is 24.9. The van der Waals surface area contributed by atoms with Crippen molar-refractivity contribution in [1.29, 1.82) is 0 Å². The van der Waals surface area contributed by atoms with Crippen LogP contribution in [0.3, 0.4) is 0 Å². The minimum Gasteiger partial charge on any atom is -0.374 e. The summed E-state index contributed by atoms with van der Waals surface area (Å²) in [5, 5.41) is 3.87. The molecule has 5 nitrogen and oxygen atoms in total. The third-order valence-electron chi connectivity index (χ3n) is 4.86. The minimum atomic E-state index is -0.397. The molecule has 0 spiro atoms. The summed E-state index contributed by atoms with van der Waals surface area (Å²) in [5.74, 6) is -0.294. The Hall–Kier alpha value is -2.21. The molecule has 2 aliphatic rings. The van der Waals surface area contributed by atoms with Crippen LogP contribution in [0.4, 0.5) is 4.39 Å². The average molecular weight is 330 g/mol. The third kappa shape index (κ3) is 2.71. The molecule has 2 fully saturated rings. The van der Waals surface area contributed by atoms with Crippen molar-refractivity contribution in [2.45, 2.75) is 37.8 Å². The van der Waals surface area contributed by atoms with Crippen LogP contribution in [0.1, 0.15) is 36.2 Å². The Kier molecular flexibility index (Phi) is 4.06. The zero-order chi connectivity index (χ0) is 16.5. The van der Waals surface area contributed by atoms with E-state index in [9.17, 15) is 9.18 Å². The smallest absolute Gasteiger partial charge is 0.276 e. The van der Waals surface area contributed by atoms with Crippen molar-refractivity contribution in [2.75, 3.05) is 13.2 Å². The van der Waals surface area contributed by atoms with Crippen molar-refractivity contribution < 1.29 is 18.4 Å². The van der Waals surface area contributed by atoms with Gasteiger partial charge in [-0.05, 0) is 25.0 Å². The lowest BCUT2D eigenvalue weighted by Crippen LogP contribution is -2.54. The number of carbonyl (C=O) groups is 1. The molecule has 2 atom stereocenters. The zero-order valence-corrected chi connectivity index (χ0v) is 13.3. The number of hydrogen-bond donors (Lipinski definition) is 0. The van der Waals surface area contributed by atoms with Crippen molar-refractivity contribution in [3.05, 3.63) is 41.8 Å². The summed E-state index contributed by atoms with van der Waals surface area (Å²) in [6.45, 7) is 1.10. The predicted molar refractivity (Wildman–Crippen MR) is 84.9 cm³/mol. The summed E-state index contributed by atoms with van der Waals surface area (Å²) in [7, 11) is 0. The van der Waals surface area contributed by atoms with Crippen molar-refractivity contribution >= 4 is 5.91 Å². The number of aromatic nitrogens is 1. The second-order valence-corrected chi connectivity index (χ2v) is 6.32. The van der Waals surface area contributed by atoms with E-state index in [-0.39, 0.29) is 29.5 Å². The van der Waals surface area contributed by atoms with Gasteiger partial charge < -0.3 is 14.2 Å². The van der Waals surface area contributed by atoms with Crippen LogP contribution < -0.4 is 0 Å². The fraction of sp³-hybridized carbons (Fsp3) is 0.444. The monoisotopic (exact) mass is 330 g/mol. The van der Waals surface area contributed by atoms with Crippen LogP contribution in [0, 0.1) is 5.82 Å². The Bertz CT molecular complexity index is 743. The van der Waals surface area contributed by atoms with E-state index < -0.39 is 5.82 Å². The molecule has 2 aromatic rings. The molecular formula is C18H19FN2O3. The summed E-state index contributed by atoms with van der Waals surface area (Å²) >= 11 is 0. The van der Waals surface area contributed by atoms with E-state index in [0.29, 0.717) is 18.7 Å². The molecule has 2 heterocycles. The molecule has 0 N–H and O–H groups in total. The second-order valence-electron chi connectivity index (χ2n) is 6.32. The Morgan fingerprint density at radius 2 is 2.08 bits per heavy atom. The summed E-state index contributed by atoms with van der Waals surface area (Å²) in [5.41, 5.74) is 0.529. The number of benzene rings is 1. The van der Waals surface area contributed by atoms with Gasteiger partial charge in [0.05, 0.1) is 24.3 Å². The molecule has 1 aliphatic carbocycles. The first kappa shape index (κ1) is 15.3. The third-order valence-corrected chi connectivity index (χ3v) is 4.86. The average Bonchev–Trinajstić information content (AvgIpc) is 3.11. The summed E-state index contributed by atoms with van der Waals surface area (Å²) in [6.07, 6.45) is 4.31. The van der Waals surface area contributed by atoms with Crippen molar-refractivity contribution in [2.24, 2.45) is 0 Å². The molecule has 1 aromatic heterocycles. The van der Waals surface area contributed by atoms with E-state index in [4.69, 9.17) is 9.26 Å². The second kappa shape index (κ2) is 6.36. The maximum Gasteiger partial charge on any atom is 0.276 e. The van der Waals surface area contributed by atoms with E-state index in [2.05, 4.69) is 5.16 Å². The lowest BCUT2D eigenvalue weighted by molar-refractivity contribution is -0.0755. The fourth-order valence-corrected chi connectivity index (χ4v) is 3.66. The van der Waals surface area contributed by atoms with Gasteiger partial charge in [0, 0.05) is 12.6 Å². The quantitative estimate of drug-likeness (QED) is 0.848. The van der Waals surface area contributed by atoms with Crippen LogP contribution in [0.2, 0.25) is 0 Å². The van der Waals surface area contributed by atoms with Gasteiger partial charge in [-0.1, -0.05) is 30.1 Å². The molecule has 6 heteroatoms. The van der Waals surface area contributed by atoms with E-state index in [1.807, 2.05) is 4.90 Å². The number of rotatable bonds is 2. The molecule has 1 amide bonds. The molecule has 1 aliphatic heterocycles. The number of halogens is 1. The van der Waals surface area contributed by atoms with Gasteiger partial charge in [-0.3, -0.25) is 4.79 Å². The molecule has 0 unspecified atom stereocenters. The zero-order valence-electron chi connectivity index (χ0n) is 13.3. The molecule has 1 aromatic carbocycles. The van der Waals surface area contributed by atoms with Crippen LogP contribution in [-0.2, 0) is 4.74 Å². The van der Waals surface area contributed by atoms with Gasteiger partial charge >= 0.3 is 0 Å². The molecular weight excluding hydrogens is 311 g/mol. The van der Waals surface area contributed by atoms with E-state index in [1.54, 1.807) is 18.2 Å². The van der Waals surface area contributed by atoms with Crippen LogP contribution in [0.25, 0.3) is 11.3 Å².